The van der Waals surface area contributed by atoms with Crippen LogP contribution >= 0.6 is 0 Å². The Bertz CT molecular complexity index is 774. The summed E-state index contributed by atoms with van der Waals surface area (Å²) in [5.74, 6) is 0.984. The first-order valence-electron chi connectivity index (χ1n) is 10.3. The standard InChI is InChI=1S/C20H32N6O2/c1-5-11-21-17-16-18(26(12-6-2)15-22-16)24-19(23-17)25-13-9-20(10-14-25,27-7-3)28-8-4/h5,15H,1,6-14H2,2-4H3,(H,21,23,24). The molecule has 0 radical (unpaired) electrons. The van der Waals surface area contributed by atoms with Crippen molar-refractivity contribution in [1.82, 2.24) is 19.5 Å². The van der Waals surface area contributed by atoms with Crippen LogP contribution in [0.15, 0.2) is 19.0 Å². The van der Waals surface area contributed by atoms with Gasteiger partial charge in [0.05, 0.1) is 6.33 Å². The minimum atomic E-state index is -0.488. The van der Waals surface area contributed by atoms with Crippen LogP contribution in [0.25, 0.3) is 11.2 Å². The van der Waals surface area contributed by atoms with E-state index in [4.69, 9.17) is 19.4 Å². The summed E-state index contributed by atoms with van der Waals surface area (Å²) in [6.07, 6.45) is 6.27. The van der Waals surface area contributed by atoms with Gasteiger partial charge < -0.3 is 24.3 Å². The predicted octanol–water partition coefficient (Wildman–Crippen LogP) is 3.20. The molecule has 0 aliphatic carbocycles. The number of aryl methyl sites for hydroxylation is 1. The van der Waals surface area contributed by atoms with E-state index in [2.05, 4.69) is 33.3 Å². The average molecular weight is 389 g/mol. The van der Waals surface area contributed by atoms with E-state index in [1.54, 1.807) is 0 Å². The number of aromatic nitrogens is 4. The van der Waals surface area contributed by atoms with Crippen molar-refractivity contribution in [2.75, 3.05) is 43.1 Å². The summed E-state index contributed by atoms with van der Waals surface area (Å²) < 4.78 is 14.0. The Kier molecular flexibility index (Phi) is 6.85. The van der Waals surface area contributed by atoms with E-state index in [1.165, 1.54) is 0 Å². The van der Waals surface area contributed by atoms with Crippen LogP contribution in [0, 0.1) is 0 Å². The molecule has 3 rings (SSSR count). The molecule has 0 saturated carbocycles. The molecule has 1 fully saturated rings. The molecular formula is C20H32N6O2. The number of nitrogens with one attached hydrogen (secondary N) is 1. The summed E-state index contributed by atoms with van der Waals surface area (Å²) in [6.45, 7) is 14.3. The highest BCUT2D eigenvalue weighted by Gasteiger charge is 2.37. The van der Waals surface area contributed by atoms with Gasteiger partial charge in [0, 0.05) is 52.2 Å². The first kappa shape index (κ1) is 20.5. The minimum absolute atomic E-state index is 0.488. The van der Waals surface area contributed by atoms with Crippen molar-refractivity contribution in [3.8, 4) is 0 Å². The van der Waals surface area contributed by atoms with Gasteiger partial charge >= 0.3 is 0 Å². The monoisotopic (exact) mass is 388 g/mol. The smallest absolute Gasteiger partial charge is 0.229 e. The molecular weight excluding hydrogens is 356 g/mol. The van der Waals surface area contributed by atoms with E-state index in [-0.39, 0.29) is 0 Å². The van der Waals surface area contributed by atoms with Crippen molar-refractivity contribution in [3.05, 3.63) is 19.0 Å². The molecule has 8 nitrogen and oxygen atoms in total. The van der Waals surface area contributed by atoms with Crippen molar-refractivity contribution in [2.24, 2.45) is 0 Å². The van der Waals surface area contributed by atoms with E-state index in [9.17, 15) is 0 Å². The van der Waals surface area contributed by atoms with Crippen molar-refractivity contribution in [1.29, 1.82) is 0 Å². The number of ether oxygens (including phenoxy) is 2. The van der Waals surface area contributed by atoms with Gasteiger partial charge in [0.2, 0.25) is 5.95 Å². The fraction of sp³-hybridized carbons (Fsp3) is 0.650. The van der Waals surface area contributed by atoms with Crippen molar-refractivity contribution >= 4 is 22.9 Å². The molecule has 0 unspecified atom stereocenters. The normalized spacial score (nSPS) is 16.5. The van der Waals surface area contributed by atoms with Gasteiger partial charge in [-0.2, -0.15) is 9.97 Å². The summed E-state index contributed by atoms with van der Waals surface area (Å²) in [4.78, 5) is 16.4. The second-order valence-electron chi connectivity index (χ2n) is 6.92. The predicted molar refractivity (Wildman–Crippen MR) is 112 cm³/mol. The maximum atomic E-state index is 5.95. The minimum Gasteiger partial charge on any atom is -0.365 e. The topological polar surface area (TPSA) is 77.3 Å². The van der Waals surface area contributed by atoms with E-state index in [0.29, 0.717) is 19.8 Å². The molecule has 3 heterocycles. The fourth-order valence-corrected chi connectivity index (χ4v) is 3.67. The molecule has 1 aliphatic rings. The summed E-state index contributed by atoms with van der Waals surface area (Å²) in [5.41, 5.74) is 1.67. The number of imidazole rings is 1. The third kappa shape index (κ3) is 4.28. The number of piperidine rings is 1. The highest BCUT2D eigenvalue weighted by molar-refractivity contribution is 5.84. The number of rotatable bonds is 10. The van der Waals surface area contributed by atoms with Gasteiger partial charge in [-0.3, -0.25) is 0 Å². The fourth-order valence-electron chi connectivity index (χ4n) is 3.67. The Morgan fingerprint density at radius 2 is 1.89 bits per heavy atom. The third-order valence-electron chi connectivity index (χ3n) is 4.95. The Morgan fingerprint density at radius 1 is 1.18 bits per heavy atom. The van der Waals surface area contributed by atoms with E-state index < -0.39 is 5.79 Å². The van der Waals surface area contributed by atoms with Crippen LogP contribution in [0.4, 0.5) is 11.8 Å². The molecule has 0 atom stereocenters. The number of fused-ring (bicyclic) bond motifs is 1. The van der Waals surface area contributed by atoms with Gasteiger partial charge in [0.25, 0.3) is 0 Å². The Labute approximate surface area is 167 Å². The second kappa shape index (κ2) is 9.34. The highest BCUT2D eigenvalue weighted by Crippen LogP contribution is 2.31. The number of hydrogen-bond acceptors (Lipinski definition) is 7. The summed E-state index contributed by atoms with van der Waals surface area (Å²) in [7, 11) is 0. The molecule has 2 aromatic heterocycles. The van der Waals surface area contributed by atoms with Gasteiger partial charge in [0.15, 0.2) is 22.8 Å². The molecule has 8 heteroatoms. The molecule has 1 N–H and O–H groups in total. The van der Waals surface area contributed by atoms with E-state index >= 15 is 0 Å². The lowest BCUT2D eigenvalue weighted by atomic mass is 10.0. The van der Waals surface area contributed by atoms with Crippen LogP contribution in [0.5, 0.6) is 0 Å². The molecule has 28 heavy (non-hydrogen) atoms. The largest absolute Gasteiger partial charge is 0.365 e. The van der Waals surface area contributed by atoms with Crippen molar-refractivity contribution in [2.45, 2.75) is 52.4 Å². The van der Waals surface area contributed by atoms with Crippen LogP contribution < -0.4 is 10.2 Å². The zero-order valence-electron chi connectivity index (χ0n) is 17.3. The molecule has 0 amide bonds. The first-order valence-corrected chi connectivity index (χ1v) is 10.3. The molecule has 0 aromatic carbocycles. The zero-order valence-corrected chi connectivity index (χ0v) is 17.3. The van der Waals surface area contributed by atoms with E-state index in [1.807, 2.05) is 26.3 Å². The van der Waals surface area contributed by atoms with Crippen LogP contribution in [-0.2, 0) is 16.0 Å². The van der Waals surface area contributed by atoms with Crippen molar-refractivity contribution in [3.63, 3.8) is 0 Å². The zero-order chi connectivity index (χ0) is 20.0. The van der Waals surface area contributed by atoms with Gasteiger partial charge in [-0.05, 0) is 20.3 Å². The lowest BCUT2D eigenvalue weighted by Gasteiger charge is -2.41. The Balaban J connectivity index is 1.88. The summed E-state index contributed by atoms with van der Waals surface area (Å²) in [6, 6.07) is 0. The second-order valence-corrected chi connectivity index (χ2v) is 6.92. The maximum Gasteiger partial charge on any atom is 0.229 e. The van der Waals surface area contributed by atoms with Crippen LogP contribution in [0.2, 0.25) is 0 Å². The SMILES string of the molecule is C=CCNc1nc(N2CCC(OCC)(OCC)CC2)nc2c1ncn2CCC. The molecule has 2 aromatic rings. The van der Waals surface area contributed by atoms with Crippen molar-refractivity contribution < 1.29 is 9.47 Å². The van der Waals surface area contributed by atoms with Gasteiger partial charge in [-0.1, -0.05) is 13.0 Å². The maximum absolute atomic E-state index is 5.95. The number of nitrogens with zero attached hydrogens (tertiary/aromatic N) is 5. The highest BCUT2D eigenvalue weighted by atomic mass is 16.7. The summed E-state index contributed by atoms with van der Waals surface area (Å²) >= 11 is 0. The van der Waals surface area contributed by atoms with Gasteiger partial charge in [-0.15, -0.1) is 6.58 Å². The molecule has 0 spiro atoms. The quantitative estimate of drug-likeness (QED) is 0.495. The third-order valence-corrected chi connectivity index (χ3v) is 4.95. The van der Waals surface area contributed by atoms with Crippen LogP contribution in [0.1, 0.15) is 40.0 Å². The van der Waals surface area contributed by atoms with Crippen LogP contribution in [-0.4, -0.2) is 58.2 Å². The Morgan fingerprint density at radius 3 is 2.50 bits per heavy atom. The lowest BCUT2D eigenvalue weighted by Crippen LogP contribution is -2.48. The molecule has 1 saturated heterocycles. The van der Waals surface area contributed by atoms with E-state index in [0.717, 1.165) is 61.8 Å². The molecule has 0 bridgehead atoms. The van der Waals surface area contributed by atoms with Gasteiger partial charge in [-0.25, -0.2) is 4.98 Å². The Hall–Kier alpha value is -2.19. The van der Waals surface area contributed by atoms with Gasteiger partial charge in [0.1, 0.15) is 0 Å². The molecule has 154 valence electrons. The lowest BCUT2D eigenvalue weighted by molar-refractivity contribution is -0.242. The average Bonchev–Trinajstić information content (AvgIpc) is 3.10. The molecule has 1 aliphatic heterocycles. The number of anilines is 2. The first-order chi connectivity index (χ1) is 13.7. The number of hydrogen-bond donors (Lipinski definition) is 1. The summed E-state index contributed by atoms with van der Waals surface area (Å²) in [5, 5.41) is 3.31. The van der Waals surface area contributed by atoms with Crippen LogP contribution in [0.3, 0.4) is 0 Å².